The van der Waals surface area contributed by atoms with Gasteiger partial charge in [0, 0.05) is 25.5 Å². The Kier molecular flexibility index (Phi) is 4.74. The van der Waals surface area contributed by atoms with Gasteiger partial charge in [0.25, 0.3) is 0 Å². The van der Waals surface area contributed by atoms with Gasteiger partial charge in [-0.05, 0) is 60.4 Å². The maximum absolute atomic E-state index is 13.0. The molecule has 0 bridgehead atoms. The van der Waals surface area contributed by atoms with Gasteiger partial charge in [-0.15, -0.1) is 0 Å². The van der Waals surface area contributed by atoms with Gasteiger partial charge in [0.2, 0.25) is 10.0 Å². The molecule has 1 aromatic heterocycles. The molecule has 0 atom stereocenters. The first-order valence-corrected chi connectivity index (χ1v) is 10.4. The number of benzene rings is 2. The average molecular weight is 397 g/mol. The molecule has 3 aromatic rings. The van der Waals surface area contributed by atoms with Crippen molar-refractivity contribution in [2.45, 2.75) is 17.7 Å². The largest absolute Gasteiger partial charge is 0.478 e. The number of carboxylic acid groups (broad SMARTS) is 1. The summed E-state index contributed by atoms with van der Waals surface area (Å²) in [5, 5.41) is 13.7. The molecule has 2 heterocycles. The monoisotopic (exact) mass is 397 g/mol. The number of hydrogen-bond donors (Lipinski definition) is 1. The Morgan fingerprint density at radius 1 is 1.00 bits per heavy atom. The molecule has 0 amide bonds. The number of rotatable bonds is 5. The summed E-state index contributed by atoms with van der Waals surface area (Å²) in [6.45, 7) is 0.924. The van der Waals surface area contributed by atoms with E-state index in [9.17, 15) is 18.3 Å². The maximum atomic E-state index is 13.0. The quantitative estimate of drug-likeness (QED) is 0.714. The Labute approximate surface area is 162 Å². The molecular weight excluding hydrogens is 378 g/mol. The molecule has 1 aliphatic heterocycles. The highest BCUT2D eigenvalue weighted by molar-refractivity contribution is 7.89. The third kappa shape index (κ3) is 3.44. The summed E-state index contributed by atoms with van der Waals surface area (Å²) in [4.78, 5) is 11.6. The number of nitrogens with zero attached hydrogens (tertiary/aromatic N) is 3. The van der Waals surface area contributed by atoms with E-state index in [0.29, 0.717) is 24.2 Å². The van der Waals surface area contributed by atoms with Crippen molar-refractivity contribution in [2.75, 3.05) is 13.1 Å². The minimum atomic E-state index is -3.73. The van der Waals surface area contributed by atoms with E-state index < -0.39 is 16.0 Å². The second-order valence-electron chi connectivity index (χ2n) is 6.66. The zero-order valence-electron chi connectivity index (χ0n) is 15.0. The molecule has 0 aliphatic carbocycles. The Hall–Kier alpha value is -2.97. The summed E-state index contributed by atoms with van der Waals surface area (Å²) in [5.41, 5.74) is 1.99. The minimum Gasteiger partial charge on any atom is -0.478 e. The zero-order chi connectivity index (χ0) is 19.7. The number of carbonyl (C=O) groups is 1. The topological polar surface area (TPSA) is 92.5 Å². The van der Waals surface area contributed by atoms with Crippen molar-refractivity contribution in [1.82, 2.24) is 14.1 Å². The van der Waals surface area contributed by atoms with Crippen molar-refractivity contribution in [3.8, 4) is 16.8 Å². The van der Waals surface area contributed by atoms with Crippen LogP contribution in [0.3, 0.4) is 0 Å². The van der Waals surface area contributed by atoms with E-state index >= 15 is 0 Å². The fourth-order valence-electron chi connectivity index (χ4n) is 3.37. The Morgan fingerprint density at radius 2 is 1.79 bits per heavy atom. The Balaban J connectivity index is 1.83. The van der Waals surface area contributed by atoms with Gasteiger partial charge in [-0.2, -0.15) is 9.40 Å². The first-order chi connectivity index (χ1) is 13.4. The lowest BCUT2D eigenvalue weighted by Crippen LogP contribution is -2.28. The summed E-state index contributed by atoms with van der Waals surface area (Å²) in [7, 11) is -3.73. The van der Waals surface area contributed by atoms with E-state index in [0.717, 1.165) is 18.5 Å². The van der Waals surface area contributed by atoms with E-state index in [4.69, 9.17) is 0 Å². The van der Waals surface area contributed by atoms with Crippen LogP contribution >= 0.6 is 0 Å². The third-order valence-corrected chi connectivity index (χ3v) is 6.68. The van der Waals surface area contributed by atoms with Crippen LogP contribution in [0, 0.1) is 0 Å². The fourth-order valence-corrected chi connectivity index (χ4v) is 4.95. The maximum Gasteiger partial charge on any atom is 0.335 e. The SMILES string of the molecule is O=C(O)c1cc(-c2cccc(-n3cccn3)c2)cc(S(=O)(=O)N2CCCC2)c1. The summed E-state index contributed by atoms with van der Waals surface area (Å²) >= 11 is 0. The molecule has 1 aliphatic rings. The molecule has 1 saturated heterocycles. The Bertz CT molecular complexity index is 1120. The van der Waals surface area contributed by atoms with E-state index in [1.807, 2.05) is 24.3 Å². The van der Waals surface area contributed by atoms with Gasteiger partial charge < -0.3 is 5.11 Å². The van der Waals surface area contributed by atoms with E-state index in [2.05, 4.69) is 5.10 Å². The third-order valence-electron chi connectivity index (χ3n) is 4.80. The van der Waals surface area contributed by atoms with Crippen LogP contribution in [0.2, 0.25) is 0 Å². The molecule has 0 saturated carbocycles. The minimum absolute atomic E-state index is 0.00814. The zero-order valence-corrected chi connectivity index (χ0v) is 15.8. The van der Waals surface area contributed by atoms with Crippen LogP contribution in [-0.2, 0) is 10.0 Å². The lowest BCUT2D eigenvalue weighted by molar-refractivity contribution is 0.0696. The highest BCUT2D eigenvalue weighted by atomic mass is 32.2. The predicted molar refractivity (Wildman–Crippen MR) is 104 cm³/mol. The van der Waals surface area contributed by atoms with Crippen molar-refractivity contribution in [3.05, 3.63) is 66.5 Å². The van der Waals surface area contributed by atoms with E-state index in [-0.39, 0.29) is 10.5 Å². The van der Waals surface area contributed by atoms with E-state index in [1.165, 1.54) is 16.4 Å². The lowest BCUT2D eigenvalue weighted by Gasteiger charge is -2.17. The van der Waals surface area contributed by atoms with Crippen molar-refractivity contribution < 1.29 is 18.3 Å². The molecule has 28 heavy (non-hydrogen) atoms. The second kappa shape index (κ2) is 7.21. The van der Waals surface area contributed by atoms with Crippen molar-refractivity contribution in [1.29, 1.82) is 0 Å². The summed E-state index contributed by atoms with van der Waals surface area (Å²) < 4.78 is 29.0. The Morgan fingerprint density at radius 3 is 2.46 bits per heavy atom. The van der Waals surface area contributed by atoms with Crippen LogP contribution in [0.5, 0.6) is 0 Å². The normalized spacial score (nSPS) is 15.0. The smallest absolute Gasteiger partial charge is 0.335 e. The van der Waals surface area contributed by atoms with Gasteiger partial charge in [-0.25, -0.2) is 17.9 Å². The first-order valence-electron chi connectivity index (χ1n) is 8.94. The van der Waals surface area contributed by atoms with E-state index in [1.54, 1.807) is 29.2 Å². The van der Waals surface area contributed by atoms with Crippen LogP contribution in [0.25, 0.3) is 16.8 Å². The van der Waals surface area contributed by atoms with Gasteiger partial charge in [0.05, 0.1) is 16.1 Å². The first kappa shape index (κ1) is 18.4. The van der Waals surface area contributed by atoms with Crippen LogP contribution in [0.1, 0.15) is 23.2 Å². The molecule has 8 heteroatoms. The van der Waals surface area contributed by atoms with Gasteiger partial charge in [-0.1, -0.05) is 12.1 Å². The van der Waals surface area contributed by atoms with Gasteiger partial charge in [-0.3, -0.25) is 0 Å². The average Bonchev–Trinajstić information content (AvgIpc) is 3.42. The van der Waals surface area contributed by atoms with Gasteiger partial charge in [0.15, 0.2) is 0 Å². The summed E-state index contributed by atoms with van der Waals surface area (Å²) in [6.07, 6.45) is 5.10. The number of sulfonamides is 1. The van der Waals surface area contributed by atoms with Gasteiger partial charge >= 0.3 is 5.97 Å². The number of hydrogen-bond acceptors (Lipinski definition) is 4. The number of aromatic carboxylic acids is 1. The highest BCUT2D eigenvalue weighted by Crippen LogP contribution is 2.29. The summed E-state index contributed by atoms with van der Waals surface area (Å²) in [5.74, 6) is -1.16. The molecule has 4 rings (SSSR count). The number of aromatic nitrogens is 2. The lowest BCUT2D eigenvalue weighted by atomic mass is 10.0. The van der Waals surface area contributed by atoms with Gasteiger partial charge in [0.1, 0.15) is 0 Å². The molecule has 0 radical (unpaired) electrons. The molecular formula is C20H19N3O4S. The molecule has 144 valence electrons. The van der Waals surface area contributed by atoms with Crippen molar-refractivity contribution >= 4 is 16.0 Å². The molecule has 1 N–H and O–H groups in total. The van der Waals surface area contributed by atoms with Crippen molar-refractivity contribution in [2.24, 2.45) is 0 Å². The molecule has 0 spiro atoms. The fraction of sp³-hybridized carbons (Fsp3) is 0.200. The van der Waals surface area contributed by atoms with Crippen LogP contribution in [-0.4, -0.2) is 46.7 Å². The van der Waals surface area contributed by atoms with Crippen LogP contribution in [0.15, 0.2) is 65.8 Å². The molecule has 0 unspecified atom stereocenters. The number of carboxylic acids is 1. The van der Waals surface area contributed by atoms with Crippen molar-refractivity contribution in [3.63, 3.8) is 0 Å². The molecule has 2 aromatic carbocycles. The van der Waals surface area contributed by atoms with Crippen LogP contribution < -0.4 is 0 Å². The standard InChI is InChI=1S/C20H19N3O4S/c24-20(25)17-11-16(13-19(14-17)28(26,27)22-8-1-2-9-22)15-5-3-6-18(12-15)23-10-4-7-21-23/h3-7,10-14H,1-2,8-9H2,(H,24,25). The molecule has 1 fully saturated rings. The molecule has 7 nitrogen and oxygen atoms in total. The second-order valence-corrected chi connectivity index (χ2v) is 8.60. The highest BCUT2D eigenvalue weighted by Gasteiger charge is 2.28. The predicted octanol–water partition coefficient (Wildman–Crippen LogP) is 3.02. The summed E-state index contributed by atoms with van der Waals surface area (Å²) in [6, 6.07) is 13.4. The van der Waals surface area contributed by atoms with Crippen LogP contribution in [0.4, 0.5) is 0 Å².